The number of nitrogens with one attached hydrogen (secondary N) is 1. The van der Waals surface area contributed by atoms with Gasteiger partial charge in [0.05, 0.1) is 15.9 Å². The monoisotopic (exact) mass is 343 g/mol. The lowest BCUT2D eigenvalue weighted by molar-refractivity contribution is 0.0516. The predicted octanol–water partition coefficient (Wildman–Crippen LogP) is 2.09. The zero-order valence-corrected chi connectivity index (χ0v) is 10.4. The van der Waals surface area contributed by atoms with Crippen LogP contribution in [0, 0.1) is 3.57 Å². The first-order chi connectivity index (χ1) is 7.47. The van der Waals surface area contributed by atoms with Gasteiger partial charge in [0.15, 0.2) is 5.43 Å². The maximum absolute atomic E-state index is 12.4. The number of hydrogen-bond donors (Lipinski definition) is 1. The van der Waals surface area contributed by atoms with Crippen molar-refractivity contribution in [2.24, 2.45) is 0 Å². The maximum atomic E-state index is 12.4. The number of H-pyrrole nitrogens is 1. The molecule has 0 fully saturated rings. The quantitative estimate of drug-likeness (QED) is 0.676. The van der Waals surface area contributed by atoms with Crippen LogP contribution in [-0.4, -0.2) is 17.6 Å². The summed E-state index contributed by atoms with van der Waals surface area (Å²) in [7, 11) is 0. The summed E-state index contributed by atoms with van der Waals surface area (Å²) in [5.41, 5.74) is -1.45. The molecule has 0 amide bonds. The van der Waals surface area contributed by atoms with E-state index in [0.717, 1.165) is 6.07 Å². The number of carbonyl (C=O) groups is 1. The zero-order valence-electron chi connectivity index (χ0n) is 8.22. The largest absolute Gasteiger partial charge is 0.461 e. The molecule has 1 rings (SSSR count). The molecule has 0 saturated heterocycles. The maximum Gasteiger partial charge on any atom is 0.355 e. The summed E-state index contributed by atoms with van der Waals surface area (Å²) in [6, 6.07) is 0.773. The molecule has 1 aromatic heterocycles. The summed E-state index contributed by atoms with van der Waals surface area (Å²) in [6.07, 6.45) is -2.84. The Morgan fingerprint density at radius 1 is 1.62 bits per heavy atom. The van der Waals surface area contributed by atoms with Crippen molar-refractivity contribution in [3.63, 3.8) is 0 Å². The van der Waals surface area contributed by atoms with Gasteiger partial charge in [-0.3, -0.25) is 4.79 Å². The second-order valence-corrected chi connectivity index (χ2v) is 3.88. The number of carbonyl (C=O) groups excluding carboxylic acids is 1. The first-order valence-electron chi connectivity index (χ1n) is 4.35. The summed E-state index contributed by atoms with van der Waals surface area (Å²) in [5, 5.41) is 0. The lowest BCUT2D eigenvalue weighted by Gasteiger charge is -2.06. The van der Waals surface area contributed by atoms with Crippen LogP contribution in [0.4, 0.5) is 8.78 Å². The number of aromatic nitrogens is 1. The Hall–Kier alpha value is -0.990. The van der Waals surface area contributed by atoms with E-state index in [9.17, 15) is 18.4 Å². The minimum absolute atomic E-state index is 0.0421. The number of esters is 1. The third kappa shape index (κ3) is 2.77. The summed E-state index contributed by atoms with van der Waals surface area (Å²) in [5.74, 6) is -0.813. The van der Waals surface area contributed by atoms with Gasteiger partial charge in [0, 0.05) is 6.07 Å². The molecule has 1 aromatic rings. The Kier molecular flexibility index (Phi) is 4.39. The summed E-state index contributed by atoms with van der Waals surface area (Å²) < 4.78 is 29.4. The molecular formula is C9H8F2INO3. The van der Waals surface area contributed by atoms with E-state index in [4.69, 9.17) is 0 Å². The third-order valence-corrected chi connectivity index (χ3v) is 2.78. The van der Waals surface area contributed by atoms with Gasteiger partial charge in [0.25, 0.3) is 6.43 Å². The molecule has 0 spiro atoms. The molecule has 0 aromatic carbocycles. The van der Waals surface area contributed by atoms with Crippen LogP contribution in [0.15, 0.2) is 10.9 Å². The lowest BCUT2D eigenvalue weighted by Crippen LogP contribution is -2.18. The van der Waals surface area contributed by atoms with E-state index >= 15 is 0 Å². The Labute approximate surface area is 103 Å². The van der Waals surface area contributed by atoms with Crippen LogP contribution in [0.5, 0.6) is 0 Å². The van der Waals surface area contributed by atoms with Crippen LogP contribution in [0.25, 0.3) is 0 Å². The van der Waals surface area contributed by atoms with Gasteiger partial charge in [-0.15, -0.1) is 0 Å². The molecule has 16 heavy (non-hydrogen) atoms. The van der Waals surface area contributed by atoms with E-state index in [1.54, 1.807) is 29.5 Å². The van der Waals surface area contributed by atoms with Gasteiger partial charge in [0.1, 0.15) is 5.69 Å². The fraction of sp³-hybridized carbons (Fsp3) is 0.333. The third-order valence-electron chi connectivity index (χ3n) is 1.71. The summed E-state index contributed by atoms with van der Waals surface area (Å²) >= 11 is 1.61. The lowest BCUT2D eigenvalue weighted by atomic mass is 10.3. The van der Waals surface area contributed by atoms with Gasteiger partial charge in [0.2, 0.25) is 0 Å². The van der Waals surface area contributed by atoms with Crippen molar-refractivity contribution in [2.75, 3.05) is 6.61 Å². The molecule has 0 aliphatic carbocycles. The predicted molar refractivity (Wildman–Crippen MR) is 60.7 cm³/mol. The highest BCUT2D eigenvalue weighted by Gasteiger charge is 2.18. The van der Waals surface area contributed by atoms with Crippen molar-refractivity contribution in [1.82, 2.24) is 4.98 Å². The fourth-order valence-electron chi connectivity index (χ4n) is 1.02. The van der Waals surface area contributed by atoms with E-state index in [0.29, 0.717) is 0 Å². The number of halogens is 3. The van der Waals surface area contributed by atoms with Crippen molar-refractivity contribution in [3.8, 4) is 0 Å². The molecule has 0 aliphatic rings. The number of hydrogen-bond acceptors (Lipinski definition) is 3. The molecule has 0 atom stereocenters. The molecule has 4 nitrogen and oxygen atoms in total. The molecule has 0 radical (unpaired) electrons. The van der Waals surface area contributed by atoms with Crippen LogP contribution in [0.2, 0.25) is 0 Å². The van der Waals surface area contributed by atoms with Gasteiger partial charge in [-0.05, 0) is 29.5 Å². The molecule has 0 saturated carbocycles. The highest BCUT2D eigenvalue weighted by atomic mass is 127. The Balaban J connectivity index is 3.27. The van der Waals surface area contributed by atoms with E-state index in [2.05, 4.69) is 9.72 Å². The fourth-order valence-corrected chi connectivity index (χ4v) is 1.54. The molecule has 0 aliphatic heterocycles. The van der Waals surface area contributed by atoms with Crippen LogP contribution >= 0.6 is 22.6 Å². The van der Waals surface area contributed by atoms with E-state index in [1.807, 2.05) is 0 Å². The molecule has 0 unspecified atom stereocenters. The van der Waals surface area contributed by atoms with Crippen LogP contribution in [0.1, 0.15) is 29.5 Å². The zero-order chi connectivity index (χ0) is 12.3. The highest BCUT2D eigenvalue weighted by Crippen LogP contribution is 2.17. The van der Waals surface area contributed by atoms with Crippen molar-refractivity contribution >= 4 is 28.6 Å². The van der Waals surface area contributed by atoms with E-state index in [1.165, 1.54) is 0 Å². The Morgan fingerprint density at radius 2 is 2.25 bits per heavy atom. The standard InChI is InChI=1S/C9H8F2INO3/c1-2-16-9(15)7-6(12)5(14)3-4(13-7)8(10)11/h3,8H,2H2,1H3,(H,13,14). The topological polar surface area (TPSA) is 59.2 Å². The average Bonchev–Trinajstić information content (AvgIpc) is 2.21. The Morgan fingerprint density at radius 3 is 2.75 bits per heavy atom. The van der Waals surface area contributed by atoms with Gasteiger partial charge >= 0.3 is 5.97 Å². The second kappa shape index (κ2) is 5.37. The SMILES string of the molecule is CCOC(=O)c1[nH]c(C(F)F)cc(=O)c1I. The van der Waals surface area contributed by atoms with E-state index in [-0.39, 0.29) is 15.9 Å². The van der Waals surface area contributed by atoms with Gasteiger partial charge < -0.3 is 9.72 Å². The summed E-state index contributed by atoms with van der Waals surface area (Å²) in [6.45, 7) is 1.69. The number of rotatable bonds is 3. The first-order valence-corrected chi connectivity index (χ1v) is 5.43. The Bertz CT molecular complexity index is 459. The van der Waals surface area contributed by atoms with E-state index < -0.39 is 23.5 Å². The van der Waals surface area contributed by atoms with Crippen LogP contribution in [0.3, 0.4) is 0 Å². The van der Waals surface area contributed by atoms with Crippen molar-refractivity contribution < 1.29 is 18.3 Å². The van der Waals surface area contributed by atoms with Crippen LogP contribution < -0.4 is 5.43 Å². The highest BCUT2D eigenvalue weighted by molar-refractivity contribution is 14.1. The van der Waals surface area contributed by atoms with Crippen LogP contribution in [-0.2, 0) is 4.74 Å². The summed E-state index contributed by atoms with van der Waals surface area (Å²) in [4.78, 5) is 24.9. The number of ether oxygens (including phenoxy) is 1. The number of alkyl halides is 2. The number of aromatic amines is 1. The molecule has 1 heterocycles. The molecule has 1 N–H and O–H groups in total. The molecule has 7 heteroatoms. The number of pyridine rings is 1. The van der Waals surface area contributed by atoms with Gasteiger partial charge in [-0.2, -0.15) is 0 Å². The molecule has 0 bridgehead atoms. The van der Waals surface area contributed by atoms with Gasteiger partial charge in [-0.25, -0.2) is 13.6 Å². The van der Waals surface area contributed by atoms with Gasteiger partial charge in [-0.1, -0.05) is 0 Å². The first kappa shape index (κ1) is 13.1. The van der Waals surface area contributed by atoms with Crippen molar-refractivity contribution in [2.45, 2.75) is 13.3 Å². The van der Waals surface area contributed by atoms with Crippen molar-refractivity contribution in [1.29, 1.82) is 0 Å². The minimum Gasteiger partial charge on any atom is -0.461 e. The molecule has 88 valence electrons. The second-order valence-electron chi connectivity index (χ2n) is 2.80. The normalized spacial score (nSPS) is 10.6. The minimum atomic E-state index is -2.84. The average molecular weight is 343 g/mol. The molecular weight excluding hydrogens is 335 g/mol. The smallest absolute Gasteiger partial charge is 0.355 e. The van der Waals surface area contributed by atoms with Crippen molar-refractivity contribution in [3.05, 3.63) is 31.2 Å².